The first-order chi connectivity index (χ1) is 10.5. The number of ether oxygens (including phenoxy) is 1. The molecule has 0 spiro atoms. The Labute approximate surface area is 143 Å². The Morgan fingerprint density at radius 1 is 1.41 bits per heavy atom. The quantitative estimate of drug-likeness (QED) is 0.578. The molecule has 1 heterocycles. The van der Waals surface area contributed by atoms with E-state index >= 15 is 0 Å². The average Bonchev–Trinajstić information content (AvgIpc) is 2.54. The van der Waals surface area contributed by atoms with Gasteiger partial charge in [0, 0.05) is 26.9 Å². The van der Waals surface area contributed by atoms with Gasteiger partial charge in [-0.25, -0.2) is 5.43 Å². The number of carbonyl (C=O) groups excluding carboxylic acids is 1. The Kier molecular flexibility index (Phi) is 5.51. The maximum atomic E-state index is 11.8. The van der Waals surface area contributed by atoms with Crippen LogP contribution in [0.4, 0.5) is 0 Å². The van der Waals surface area contributed by atoms with Gasteiger partial charge < -0.3 is 9.84 Å². The fraction of sp³-hybridized carbons (Fsp3) is 0.0714. The highest BCUT2D eigenvalue weighted by molar-refractivity contribution is 9.13. The molecule has 0 bridgehead atoms. The molecule has 0 radical (unpaired) electrons. The molecule has 2 aromatic rings. The third-order valence-corrected chi connectivity index (χ3v) is 4.73. The number of hydrogen-bond acceptors (Lipinski definition) is 5. The maximum Gasteiger partial charge on any atom is 0.271 e. The van der Waals surface area contributed by atoms with Gasteiger partial charge in [0.1, 0.15) is 0 Å². The van der Waals surface area contributed by atoms with Gasteiger partial charge in [0.2, 0.25) is 0 Å². The van der Waals surface area contributed by atoms with Crippen molar-refractivity contribution in [2.24, 2.45) is 5.10 Å². The Morgan fingerprint density at radius 2 is 2.09 bits per heavy atom. The van der Waals surface area contributed by atoms with Gasteiger partial charge in [0.15, 0.2) is 11.5 Å². The Balaban J connectivity index is 2.20. The van der Waals surface area contributed by atoms with Crippen LogP contribution in [0.5, 0.6) is 11.5 Å². The summed E-state index contributed by atoms with van der Waals surface area (Å²) in [6.45, 7) is 0. The maximum absolute atomic E-state index is 11.8. The van der Waals surface area contributed by atoms with Crippen molar-refractivity contribution >= 4 is 44.0 Å². The predicted octanol–water partition coefficient (Wildman–Crippen LogP) is 3.08. The minimum Gasteiger partial charge on any atom is -0.504 e. The zero-order valence-electron chi connectivity index (χ0n) is 11.4. The van der Waals surface area contributed by atoms with Gasteiger partial charge in [-0.3, -0.25) is 9.78 Å². The van der Waals surface area contributed by atoms with Gasteiger partial charge in [0.25, 0.3) is 5.91 Å². The monoisotopic (exact) mass is 427 g/mol. The van der Waals surface area contributed by atoms with E-state index in [-0.39, 0.29) is 17.4 Å². The predicted molar refractivity (Wildman–Crippen MR) is 89.4 cm³/mol. The normalized spacial score (nSPS) is 10.7. The Bertz CT molecular complexity index is 721. The van der Waals surface area contributed by atoms with Crippen molar-refractivity contribution in [2.45, 2.75) is 0 Å². The molecule has 0 aliphatic rings. The van der Waals surface area contributed by atoms with Crippen LogP contribution >= 0.6 is 31.9 Å². The lowest BCUT2D eigenvalue weighted by atomic mass is 10.2. The molecule has 6 nitrogen and oxygen atoms in total. The molecule has 8 heteroatoms. The van der Waals surface area contributed by atoms with E-state index in [0.717, 1.165) is 0 Å². The summed E-state index contributed by atoms with van der Waals surface area (Å²) in [5, 5.41) is 13.9. The van der Waals surface area contributed by atoms with E-state index in [9.17, 15) is 9.90 Å². The first-order valence-electron chi connectivity index (χ1n) is 6.03. The van der Waals surface area contributed by atoms with Crippen molar-refractivity contribution in [3.8, 4) is 11.5 Å². The summed E-state index contributed by atoms with van der Waals surface area (Å²) in [4.78, 5) is 15.7. The van der Waals surface area contributed by atoms with Crippen LogP contribution in [0.3, 0.4) is 0 Å². The van der Waals surface area contributed by atoms with Crippen molar-refractivity contribution in [2.75, 3.05) is 7.11 Å². The molecule has 0 saturated carbocycles. The van der Waals surface area contributed by atoms with E-state index in [0.29, 0.717) is 20.1 Å². The molecule has 1 amide bonds. The molecular formula is C14H11Br2N3O3. The molecule has 0 saturated heterocycles. The van der Waals surface area contributed by atoms with Crippen LogP contribution < -0.4 is 10.2 Å². The summed E-state index contributed by atoms with van der Waals surface area (Å²) in [7, 11) is 1.45. The number of methoxy groups -OCH3 is 1. The number of hydrogen-bond donors (Lipinski definition) is 2. The van der Waals surface area contributed by atoms with Crippen LogP contribution in [0.25, 0.3) is 0 Å². The van der Waals surface area contributed by atoms with Crippen molar-refractivity contribution in [1.82, 2.24) is 10.4 Å². The first-order valence-corrected chi connectivity index (χ1v) is 7.61. The summed E-state index contributed by atoms with van der Waals surface area (Å²) in [5.74, 6) is -0.173. The van der Waals surface area contributed by atoms with E-state index < -0.39 is 0 Å². The van der Waals surface area contributed by atoms with Gasteiger partial charge in [-0.15, -0.1) is 0 Å². The number of aromatic nitrogens is 1. The summed E-state index contributed by atoms with van der Waals surface area (Å²) in [6, 6.07) is 4.76. The lowest BCUT2D eigenvalue weighted by Gasteiger charge is -2.09. The molecule has 1 aromatic carbocycles. The second kappa shape index (κ2) is 7.37. The molecule has 0 unspecified atom stereocenters. The first kappa shape index (κ1) is 16.4. The Morgan fingerprint density at radius 3 is 2.73 bits per heavy atom. The van der Waals surface area contributed by atoms with E-state index in [4.69, 9.17) is 4.74 Å². The number of nitrogens with zero attached hydrogens (tertiary/aromatic N) is 2. The number of benzene rings is 1. The molecule has 0 atom stereocenters. The number of nitrogens with one attached hydrogen (secondary N) is 1. The van der Waals surface area contributed by atoms with Crippen LogP contribution in [0.15, 0.2) is 44.6 Å². The number of amides is 1. The highest BCUT2D eigenvalue weighted by Crippen LogP contribution is 2.39. The third kappa shape index (κ3) is 3.63. The molecular weight excluding hydrogens is 418 g/mol. The van der Waals surface area contributed by atoms with E-state index in [1.165, 1.54) is 25.7 Å². The summed E-state index contributed by atoms with van der Waals surface area (Å²) >= 11 is 6.67. The molecule has 0 fully saturated rings. The van der Waals surface area contributed by atoms with Gasteiger partial charge in [-0.2, -0.15) is 5.10 Å². The van der Waals surface area contributed by atoms with Crippen LogP contribution in [-0.4, -0.2) is 29.3 Å². The van der Waals surface area contributed by atoms with Gasteiger partial charge in [-0.1, -0.05) is 0 Å². The second-order valence-electron chi connectivity index (χ2n) is 4.07. The van der Waals surface area contributed by atoms with E-state index in [2.05, 4.69) is 47.4 Å². The lowest BCUT2D eigenvalue weighted by Crippen LogP contribution is -2.17. The van der Waals surface area contributed by atoms with Crippen LogP contribution in [0.2, 0.25) is 0 Å². The van der Waals surface area contributed by atoms with Crippen LogP contribution in [0, 0.1) is 0 Å². The smallest absolute Gasteiger partial charge is 0.271 e. The summed E-state index contributed by atoms with van der Waals surface area (Å²) < 4.78 is 6.34. The van der Waals surface area contributed by atoms with Crippen molar-refractivity contribution in [3.63, 3.8) is 0 Å². The number of aromatic hydroxyl groups is 1. The van der Waals surface area contributed by atoms with Crippen molar-refractivity contribution in [1.29, 1.82) is 0 Å². The van der Waals surface area contributed by atoms with Crippen LogP contribution in [-0.2, 0) is 0 Å². The number of rotatable bonds is 4. The number of carbonyl (C=O) groups is 1. The molecule has 1 aromatic heterocycles. The fourth-order valence-corrected chi connectivity index (χ4v) is 2.43. The summed E-state index contributed by atoms with van der Waals surface area (Å²) in [5.41, 5.74) is 3.18. The molecule has 22 heavy (non-hydrogen) atoms. The Hall–Kier alpha value is -1.93. The number of halogens is 2. The SMILES string of the molecule is COc1cc(Br)c(Br)c(C=NNC(=O)c2ccncc2)c1O. The lowest BCUT2D eigenvalue weighted by molar-refractivity contribution is 0.0955. The third-order valence-electron chi connectivity index (χ3n) is 2.71. The fourth-order valence-electron chi connectivity index (χ4n) is 1.61. The molecule has 0 aliphatic carbocycles. The zero-order valence-corrected chi connectivity index (χ0v) is 14.6. The van der Waals surface area contributed by atoms with Crippen molar-refractivity contribution < 1.29 is 14.6 Å². The highest BCUT2D eigenvalue weighted by atomic mass is 79.9. The minimum atomic E-state index is -0.378. The zero-order chi connectivity index (χ0) is 16.1. The van der Waals surface area contributed by atoms with Gasteiger partial charge in [-0.05, 0) is 50.1 Å². The average molecular weight is 429 g/mol. The number of phenols is 1. The van der Waals surface area contributed by atoms with Gasteiger partial charge >= 0.3 is 0 Å². The van der Waals surface area contributed by atoms with Gasteiger partial charge in [0.05, 0.1) is 18.9 Å². The minimum absolute atomic E-state index is 0.0838. The molecule has 2 N–H and O–H groups in total. The van der Waals surface area contributed by atoms with Crippen molar-refractivity contribution in [3.05, 3.63) is 50.7 Å². The van der Waals surface area contributed by atoms with Crippen LogP contribution in [0.1, 0.15) is 15.9 Å². The van der Waals surface area contributed by atoms with E-state index in [1.807, 2.05) is 0 Å². The largest absolute Gasteiger partial charge is 0.504 e. The molecule has 2 rings (SSSR count). The molecule has 114 valence electrons. The standard InChI is InChI=1S/C14H11Br2N3O3/c1-22-11-6-10(15)12(16)9(13(11)20)7-18-19-14(21)8-2-4-17-5-3-8/h2-7,20H,1H3,(H,19,21). The number of pyridine rings is 1. The number of phenolic OH excluding ortho intramolecular Hbond substituents is 1. The number of hydrazone groups is 1. The highest BCUT2D eigenvalue weighted by Gasteiger charge is 2.14. The molecule has 0 aliphatic heterocycles. The summed E-state index contributed by atoms with van der Waals surface area (Å²) in [6.07, 6.45) is 4.35. The second-order valence-corrected chi connectivity index (χ2v) is 5.72. The topological polar surface area (TPSA) is 83.8 Å². The van der Waals surface area contributed by atoms with E-state index in [1.54, 1.807) is 18.2 Å².